The van der Waals surface area contributed by atoms with Crippen molar-refractivity contribution in [3.63, 3.8) is 0 Å². The molecule has 3 aromatic rings. The summed E-state index contributed by atoms with van der Waals surface area (Å²) in [6.45, 7) is 13.2. The van der Waals surface area contributed by atoms with Crippen LogP contribution in [0, 0.1) is 0 Å². The summed E-state index contributed by atoms with van der Waals surface area (Å²) in [4.78, 5) is 18.7. The molecule has 176 valence electrons. The standard InChI is InChI=1S/C27H34N2O3S/c1-26(2,3)20-13-19(14-21(24(20)30)27(4,5)6)22-17-33-23(28-22)15-29(7)25(31)32-16-18-11-9-8-10-12-18/h8-14,17,30H,15-16H2,1-7H3. The zero-order valence-corrected chi connectivity index (χ0v) is 21.4. The first kappa shape index (κ1) is 24.8. The fourth-order valence-electron chi connectivity index (χ4n) is 3.54. The molecule has 0 aliphatic heterocycles. The van der Waals surface area contributed by atoms with E-state index in [1.807, 2.05) is 47.8 Å². The van der Waals surface area contributed by atoms with Crippen LogP contribution in [0.3, 0.4) is 0 Å². The highest BCUT2D eigenvalue weighted by Crippen LogP contribution is 2.42. The molecule has 1 heterocycles. The summed E-state index contributed by atoms with van der Waals surface area (Å²) in [5.41, 5.74) is 4.16. The third kappa shape index (κ3) is 6.14. The predicted octanol–water partition coefficient (Wildman–Crippen LogP) is 6.88. The number of carbonyl (C=O) groups excluding carboxylic acids is 1. The van der Waals surface area contributed by atoms with Gasteiger partial charge in [-0.1, -0.05) is 71.9 Å². The number of thiazole rings is 1. The van der Waals surface area contributed by atoms with Crippen molar-refractivity contribution in [2.75, 3.05) is 7.05 Å². The van der Waals surface area contributed by atoms with Crippen LogP contribution in [0.15, 0.2) is 47.8 Å². The van der Waals surface area contributed by atoms with Gasteiger partial charge >= 0.3 is 6.09 Å². The van der Waals surface area contributed by atoms with E-state index in [0.29, 0.717) is 12.3 Å². The van der Waals surface area contributed by atoms with Crippen molar-refractivity contribution in [3.05, 3.63) is 69.5 Å². The van der Waals surface area contributed by atoms with Gasteiger partial charge in [0, 0.05) is 29.1 Å². The van der Waals surface area contributed by atoms with Crippen LogP contribution in [-0.4, -0.2) is 28.1 Å². The number of carbonyl (C=O) groups is 1. The number of amides is 1. The summed E-state index contributed by atoms with van der Waals surface area (Å²) in [5.74, 6) is 0.357. The average Bonchev–Trinajstić information content (AvgIpc) is 3.19. The van der Waals surface area contributed by atoms with Crippen LogP contribution in [0.5, 0.6) is 5.75 Å². The number of phenols is 1. The molecule has 0 aliphatic carbocycles. The van der Waals surface area contributed by atoms with E-state index < -0.39 is 0 Å². The van der Waals surface area contributed by atoms with E-state index >= 15 is 0 Å². The lowest BCUT2D eigenvalue weighted by Crippen LogP contribution is -2.26. The van der Waals surface area contributed by atoms with Crippen LogP contribution >= 0.6 is 11.3 Å². The van der Waals surface area contributed by atoms with Crippen molar-refractivity contribution >= 4 is 17.4 Å². The summed E-state index contributed by atoms with van der Waals surface area (Å²) in [7, 11) is 1.71. The van der Waals surface area contributed by atoms with Crippen LogP contribution in [0.25, 0.3) is 11.3 Å². The Morgan fingerprint density at radius 1 is 1.03 bits per heavy atom. The third-order valence-corrected chi connectivity index (χ3v) is 6.30. The van der Waals surface area contributed by atoms with Crippen LogP contribution in [0.4, 0.5) is 4.79 Å². The molecular formula is C27H34N2O3S. The quantitative estimate of drug-likeness (QED) is 0.445. The highest BCUT2D eigenvalue weighted by Gasteiger charge is 2.27. The Hall–Kier alpha value is -2.86. The molecule has 0 spiro atoms. The van der Waals surface area contributed by atoms with Crippen LogP contribution in [0.1, 0.15) is 63.2 Å². The molecule has 0 atom stereocenters. The Kier molecular flexibility index (Phi) is 7.17. The lowest BCUT2D eigenvalue weighted by molar-refractivity contribution is 0.103. The van der Waals surface area contributed by atoms with E-state index in [-0.39, 0.29) is 23.5 Å². The topological polar surface area (TPSA) is 62.7 Å². The Labute approximate surface area is 201 Å². The number of aromatic nitrogens is 1. The van der Waals surface area contributed by atoms with Gasteiger partial charge < -0.3 is 14.7 Å². The summed E-state index contributed by atoms with van der Waals surface area (Å²) in [5, 5.41) is 13.8. The third-order valence-electron chi connectivity index (χ3n) is 5.46. The molecule has 2 aromatic carbocycles. The maximum absolute atomic E-state index is 12.4. The van der Waals surface area contributed by atoms with Gasteiger partial charge in [-0.15, -0.1) is 11.3 Å². The molecule has 5 nitrogen and oxygen atoms in total. The first-order chi connectivity index (χ1) is 15.4. The van der Waals surface area contributed by atoms with E-state index in [1.54, 1.807) is 7.05 Å². The average molecular weight is 467 g/mol. The second-order valence-corrected chi connectivity index (χ2v) is 11.4. The highest BCUT2D eigenvalue weighted by atomic mass is 32.1. The van der Waals surface area contributed by atoms with Crippen molar-refractivity contribution in [2.45, 2.75) is 65.5 Å². The monoisotopic (exact) mass is 466 g/mol. The Morgan fingerprint density at radius 3 is 2.15 bits per heavy atom. The normalized spacial score (nSPS) is 12.0. The molecule has 1 aromatic heterocycles. The zero-order chi connectivity index (χ0) is 24.4. The Balaban J connectivity index is 1.78. The Bertz CT molecular complexity index is 1070. The maximum Gasteiger partial charge on any atom is 0.410 e. The number of phenolic OH excluding ortho intramolecular Hbond substituents is 1. The first-order valence-electron chi connectivity index (χ1n) is 11.1. The van der Waals surface area contributed by atoms with E-state index in [0.717, 1.165) is 33.0 Å². The number of benzene rings is 2. The highest BCUT2D eigenvalue weighted by molar-refractivity contribution is 7.09. The molecule has 0 bridgehead atoms. The van der Waals surface area contributed by atoms with Crippen LogP contribution in [0.2, 0.25) is 0 Å². The maximum atomic E-state index is 12.4. The number of hydrogen-bond acceptors (Lipinski definition) is 5. The molecule has 0 radical (unpaired) electrons. The number of nitrogens with zero attached hydrogens (tertiary/aromatic N) is 2. The van der Waals surface area contributed by atoms with Gasteiger partial charge in [-0.05, 0) is 28.5 Å². The van der Waals surface area contributed by atoms with Crippen LogP contribution in [-0.2, 0) is 28.7 Å². The zero-order valence-electron chi connectivity index (χ0n) is 20.6. The van der Waals surface area contributed by atoms with Gasteiger partial charge in [-0.3, -0.25) is 0 Å². The fraction of sp³-hybridized carbons (Fsp3) is 0.407. The molecule has 1 amide bonds. The Morgan fingerprint density at radius 2 is 1.61 bits per heavy atom. The van der Waals surface area contributed by atoms with Crippen molar-refractivity contribution in [2.24, 2.45) is 0 Å². The molecule has 0 unspecified atom stereocenters. The lowest BCUT2D eigenvalue weighted by atomic mass is 9.78. The molecular weight excluding hydrogens is 432 g/mol. The molecule has 0 fully saturated rings. The van der Waals surface area contributed by atoms with Crippen molar-refractivity contribution in [3.8, 4) is 17.0 Å². The molecule has 33 heavy (non-hydrogen) atoms. The fourth-order valence-corrected chi connectivity index (χ4v) is 4.39. The number of hydrogen-bond donors (Lipinski definition) is 1. The van der Waals surface area contributed by atoms with E-state index in [9.17, 15) is 9.90 Å². The minimum Gasteiger partial charge on any atom is -0.507 e. The van der Waals surface area contributed by atoms with Gasteiger partial charge in [0.1, 0.15) is 17.4 Å². The van der Waals surface area contributed by atoms with E-state index in [4.69, 9.17) is 9.72 Å². The molecule has 3 rings (SSSR count). The lowest BCUT2D eigenvalue weighted by Gasteiger charge is -2.28. The summed E-state index contributed by atoms with van der Waals surface area (Å²) >= 11 is 1.51. The van der Waals surface area contributed by atoms with Crippen molar-refractivity contribution < 1.29 is 14.6 Å². The van der Waals surface area contributed by atoms with Gasteiger partial charge in [0.15, 0.2) is 0 Å². The van der Waals surface area contributed by atoms with Gasteiger partial charge in [0.2, 0.25) is 0 Å². The van der Waals surface area contributed by atoms with Crippen LogP contribution < -0.4 is 0 Å². The first-order valence-corrected chi connectivity index (χ1v) is 12.0. The van der Waals surface area contributed by atoms with Gasteiger partial charge in [0.05, 0.1) is 12.2 Å². The second-order valence-electron chi connectivity index (χ2n) is 10.4. The van der Waals surface area contributed by atoms with E-state index in [1.165, 1.54) is 16.2 Å². The summed E-state index contributed by atoms with van der Waals surface area (Å²) in [6.07, 6.45) is -0.384. The van der Waals surface area contributed by atoms with Gasteiger partial charge in [-0.2, -0.15) is 0 Å². The minimum atomic E-state index is -0.384. The molecule has 0 saturated heterocycles. The van der Waals surface area contributed by atoms with E-state index in [2.05, 4.69) is 41.5 Å². The van der Waals surface area contributed by atoms with Gasteiger partial charge in [0.25, 0.3) is 0 Å². The van der Waals surface area contributed by atoms with Gasteiger partial charge in [-0.25, -0.2) is 9.78 Å². The number of rotatable bonds is 5. The largest absolute Gasteiger partial charge is 0.507 e. The molecule has 0 saturated carbocycles. The number of aromatic hydroxyl groups is 1. The van der Waals surface area contributed by atoms with Crippen molar-refractivity contribution in [1.29, 1.82) is 0 Å². The minimum absolute atomic E-state index is 0.207. The molecule has 0 aliphatic rings. The number of ether oxygens (including phenoxy) is 1. The molecule has 6 heteroatoms. The summed E-state index contributed by atoms with van der Waals surface area (Å²) in [6, 6.07) is 13.7. The summed E-state index contributed by atoms with van der Waals surface area (Å²) < 4.78 is 5.41. The SMILES string of the molecule is CN(Cc1nc(-c2cc(C(C)(C)C)c(O)c(C(C)(C)C)c2)cs1)C(=O)OCc1ccccc1. The van der Waals surface area contributed by atoms with Crippen molar-refractivity contribution in [1.82, 2.24) is 9.88 Å². The molecule has 1 N–H and O–H groups in total. The second kappa shape index (κ2) is 9.56. The predicted molar refractivity (Wildman–Crippen MR) is 135 cm³/mol. The smallest absolute Gasteiger partial charge is 0.410 e.